The molecule has 0 unspecified atom stereocenters. The van der Waals surface area contributed by atoms with Crippen molar-refractivity contribution in [1.82, 2.24) is 4.98 Å². The summed E-state index contributed by atoms with van der Waals surface area (Å²) in [5.41, 5.74) is 0.950. The van der Waals surface area contributed by atoms with E-state index in [9.17, 15) is 9.59 Å². The van der Waals surface area contributed by atoms with Gasteiger partial charge in [-0.25, -0.2) is 0 Å². The van der Waals surface area contributed by atoms with Crippen LogP contribution in [0.1, 0.15) is 20.8 Å². The van der Waals surface area contributed by atoms with Gasteiger partial charge in [-0.3, -0.25) is 14.6 Å². The van der Waals surface area contributed by atoms with Crippen molar-refractivity contribution < 1.29 is 9.59 Å². The normalized spacial score (nSPS) is 13.6. The second kappa shape index (κ2) is 6.24. The van der Waals surface area contributed by atoms with Crippen LogP contribution < -0.4 is 5.32 Å². The van der Waals surface area contributed by atoms with Crippen LogP contribution in [-0.4, -0.2) is 16.6 Å². The number of ketones is 2. The van der Waals surface area contributed by atoms with Crippen molar-refractivity contribution in [2.75, 3.05) is 5.32 Å². The molecule has 0 saturated heterocycles. The summed E-state index contributed by atoms with van der Waals surface area (Å²) < 4.78 is 0. The van der Waals surface area contributed by atoms with E-state index < -0.39 is 5.78 Å². The Morgan fingerprint density at radius 2 is 1.87 bits per heavy atom. The van der Waals surface area contributed by atoms with E-state index in [0.717, 1.165) is 0 Å². The van der Waals surface area contributed by atoms with Gasteiger partial charge in [0.25, 0.3) is 0 Å². The highest BCUT2D eigenvalue weighted by atomic mass is 35.5. The third-order valence-corrected chi connectivity index (χ3v) is 4.13. The molecule has 0 atom stereocenters. The fourth-order valence-electron chi connectivity index (χ4n) is 2.16. The SMILES string of the molecule is N#CSC1=C(Nc2ccc(Cl)cc2)C(=O)c2cccnc2C1=O. The van der Waals surface area contributed by atoms with Crippen molar-refractivity contribution in [3.8, 4) is 5.40 Å². The molecule has 0 aliphatic heterocycles. The molecule has 1 aromatic heterocycles. The fraction of sp³-hybridized carbons (Fsp3) is 0. The van der Waals surface area contributed by atoms with Gasteiger partial charge in [-0.05, 0) is 48.2 Å². The van der Waals surface area contributed by atoms with Gasteiger partial charge >= 0.3 is 0 Å². The number of hydrogen-bond acceptors (Lipinski definition) is 6. The number of nitrogens with one attached hydrogen (secondary N) is 1. The number of fused-ring (bicyclic) bond motifs is 1. The second-order valence-electron chi connectivity index (χ2n) is 4.59. The monoisotopic (exact) mass is 341 g/mol. The summed E-state index contributed by atoms with van der Waals surface area (Å²) in [6.45, 7) is 0. The number of Topliss-reactive ketones (excluding diaryl/α,β-unsaturated/α-hetero) is 2. The van der Waals surface area contributed by atoms with Crippen molar-refractivity contribution in [2.24, 2.45) is 0 Å². The molecular formula is C16H8ClN3O2S. The molecule has 1 heterocycles. The predicted molar refractivity (Wildman–Crippen MR) is 88.2 cm³/mol. The number of carbonyl (C=O) groups is 2. The Labute approximate surface area is 141 Å². The van der Waals surface area contributed by atoms with Crippen molar-refractivity contribution in [3.63, 3.8) is 0 Å². The number of halogens is 1. The first-order valence-electron chi connectivity index (χ1n) is 6.49. The number of rotatable bonds is 3. The topological polar surface area (TPSA) is 82.8 Å². The maximum Gasteiger partial charge on any atom is 0.221 e. The highest BCUT2D eigenvalue weighted by Crippen LogP contribution is 2.32. The number of aromatic nitrogens is 1. The minimum absolute atomic E-state index is 0.0404. The van der Waals surface area contributed by atoms with E-state index in [4.69, 9.17) is 16.9 Å². The summed E-state index contributed by atoms with van der Waals surface area (Å²) in [5.74, 6) is -0.816. The Balaban J connectivity index is 2.09. The van der Waals surface area contributed by atoms with Gasteiger partial charge in [-0.1, -0.05) is 11.6 Å². The van der Waals surface area contributed by atoms with Gasteiger partial charge in [0.15, 0.2) is 0 Å². The fourth-order valence-corrected chi connectivity index (χ4v) is 2.81. The van der Waals surface area contributed by atoms with Crippen LogP contribution in [-0.2, 0) is 0 Å². The number of hydrogen-bond donors (Lipinski definition) is 1. The van der Waals surface area contributed by atoms with E-state index in [1.165, 1.54) is 6.20 Å². The average Bonchev–Trinajstić information content (AvgIpc) is 2.57. The van der Waals surface area contributed by atoms with Crippen molar-refractivity contribution in [3.05, 3.63) is 69.5 Å². The Kier molecular flexibility index (Phi) is 4.15. The van der Waals surface area contributed by atoms with E-state index in [2.05, 4.69) is 10.3 Å². The standard InChI is InChI=1S/C16H8ClN3O2S/c17-9-3-5-10(6-4-9)20-13-14(21)11-2-1-7-19-12(11)15(22)16(13)23-8-18/h1-7,20H. The molecule has 1 aliphatic rings. The maximum atomic E-state index is 12.7. The van der Waals surface area contributed by atoms with Crippen LogP contribution in [0.3, 0.4) is 0 Å². The van der Waals surface area contributed by atoms with Gasteiger partial charge in [0.2, 0.25) is 11.6 Å². The lowest BCUT2D eigenvalue weighted by molar-refractivity contribution is 0.0979. The quantitative estimate of drug-likeness (QED) is 0.858. The van der Waals surface area contributed by atoms with E-state index in [1.54, 1.807) is 36.4 Å². The van der Waals surface area contributed by atoms with Gasteiger partial charge in [-0.2, -0.15) is 5.26 Å². The number of nitriles is 1. The molecule has 1 aromatic carbocycles. The number of anilines is 1. The minimum Gasteiger partial charge on any atom is -0.351 e. The number of nitrogens with zero attached hydrogens (tertiary/aromatic N) is 2. The molecule has 1 aliphatic carbocycles. The van der Waals surface area contributed by atoms with E-state index in [1.807, 2.05) is 5.40 Å². The van der Waals surface area contributed by atoms with Crippen LogP contribution >= 0.6 is 23.4 Å². The number of carbonyl (C=O) groups excluding carboxylic acids is 2. The Bertz CT molecular complexity index is 885. The van der Waals surface area contributed by atoms with Gasteiger partial charge < -0.3 is 5.32 Å². The molecular weight excluding hydrogens is 334 g/mol. The molecule has 1 N–H and O–H groups in total. The minimum atomic E-state index is -0.441. The molecule has 0 spiro atoms. The first-order chi connectivity index (χ1) is 11.1. The second-order valence-corrected chi connectivity index (χ2v) is 5.82. The van der Waals surface area contributed by atoms with Crippen LogP contribution in [0.5, 0.6) is 0 Å². The Morgan fingerprint density at radius 1 is 1.13 bits per heavy atom. The molecule has 0 bridgehead atoms. The molecule has 3 rings (SSSR count). The smallest absolute Gasteiger partial charge is 0.221 e. The lowest BCUT2D eigenvalue weighted by atomic mass is 9.96. The summed E-state index contributed by atoms with van der Waals surface area (Å²) in [5, 5.41) is 14.2. The maximum absolute atomic E-state index is 12.7. The predicted octanol–water partition coefficient (Wildman–Crippen LogP) is 3.65. The Morgan fingerprint density at radius 3 is 2.57 bits per heavy atom. The molecule has 5 nitrogen and oxygen atoms in total. The molecule has 2 aromatic rings. The number of thiocyanates is 1. The molecule has 0 amide bonds. The Hall–Kier alpha value is -2.62. The number of thioether (sulfide) groups is 1. The van der Waals surface area contributed by atoms with Crippen molar-refractivity contribution in [2.45, 2.75) is 0 Å². The molecule has 112 valence electrons. The van der Waals surface area contributed by atoms with Crippen LogP contribution in [0.4, 0.5) is 5.69 Å². The highest BCUT2D eigenvalue weighted by molar-refractivity contribution is 8.08. The van der Waals surface area contributed by atoms with Crippen molar-refractivity contribution in [1.29, 1.82) is 5.26 Å². The summed E-state index contributed by atoms with van der Waals surface area (Å²) in [4.78, 5) is 29.2. The lowest BCUT2D eigenvalue weighted by Crippen LogP contribution is -2.25. The summed E-state index contributed by atoms with van der Waals surface area (Å²) in [6.07, 6.45) is 1.44. The average molecular weight is 342 g/mol. The largest absolute Gasteiger partial charge is 0.351 e. The van der Waals surface area contributed by atoms with Gasteiger partial charge in [0, 0.05) is 16.9 Å². The zero-order valence-electron chi connectivity index (χ0n) is 11.5. The highest BCUT2D eigenvalue weighted by Gasteiger charge is 2.34. The number of pyridine rings is 1. The van der Waals surface area contributed by atoms with E-state index in [0.29, 0.717) is 22.5 Å². The van der Waals surface area contributed by atoms with Crippen LogP contribution in [0.15, 0.2) is 53.2 Å². The van der Waals surface area contributed by atoms with Gasteiger partial charge in [0.1, 0.15) is 16.8 Å². The zero-order chi connectivity index (χ0) is 16.4. The lowest BCUT2D eigenvalue weighted by Gasteiger charge is -2.19. The third-order valence-electron chi connectivity index (χ3n) is 3.19. The van der Waals surface area contributed by atoms with Crippen molar-refractivity contribution >= 4 is 40.6 Å². The van der Waals surface area contributed by atoms with Crippen LogP contribution in [0.2, 0.25) is 5.02 Å². The first-order valence-corrected chi connectivity index (χ1v) is 7.68. The molecule has 23 heavy (non-hydrogen) atoms. The molecule has 0 fully saturated rings. The first kappa shape index (κ1) is 15.3. The summed E-state index contributed by atoms with van der Waals surface area (Å²) in [6, 6.07) is 9.81. The summed E-state index contributed by atoms with van der Waals surface area (Å²) >= 11 is 6.48. The van der Waals surface area contributed by atoms with Crippen LogP contribution in [0.25, 0.3) is 0 Å². The molecule has 0 radical (unpaired) electrons. The third kappa shape index (κ3) is 2.84. The van der Waals surface area contributed by atoms with E-state index in [-0.39, 0.29) is 27.6 Å². The summed E-state index contributed by atoms with van der Waals surface area (Å²) in [7, 11) is 0. The van der Waals surface area contributed by atoms with E-state index >= 15 is 0 Å². The van der Waals surface area contributed by atoms with Gasteiger partial charge in [0.05, 0.1) is 10.5 Å². The number of allylic oxidation sites excluding steroid dienone is 2. The van der Waals surface area contributed by atoms with Gasteiger partial charge in [-0.15, -0.1) is 0 Å². The zero-order valence-corrected chi connectivity index (χ0v) is 13.1. The van der Waals surface area contributed by atoms with Crippen LogP contribution in [0, 0.1) is 10.7 Å². The molecule has 7 heteroatoms. The molecule has 0 saturated carbocycles. The number of benzene rings is 1.